The molecule has 10 heteroatoms. The van der Waals surface area contributed by atoms with E-state index in [1.54, 1.807) is 0 Å². The summed E-state index contributed by atoms with van der Waals surface area (Å²) in [6.45, 7) is -5.15. The van der Waals surface area contributed by atoms with Gasteiger partial charge in [-0.05, 0) is 0 Å². The second kappa shape index (κ2) is 5.15. The first-order chi connectivity index (χ1) is 7.08. The molecular weight excluding hydrogens is 253 g/mol. The molecule has 0 atom stereocenters. The minimum absolute atomic E-state index is 1.42. The number of halogens is 7. The highest BCUT2D eigenvalue weighted by molar-refractivity contribution is 4.69. The Hall–Kier alpha value is -0.610. The van der Waals surface area contributed by atoms with Crippen molar-refractivity contribution in [3.63, 3.8) is 0 Å². The minimum atomic E-state index is -5.70. The van der Waals surface area contributed by atoms with E-state index in [1.165, 1.54) is 0 Å². The van der Waals surface area contributed by atoms with Crippen molar-refractivity contribution < 1.29 is 45.3 Å². The van der Waals surface area contributed by atoms with Crippen molar-refractivity contribution in [2.75, 3.05) is 19.9 Å². The lowest BCUT2D eigenvalue weighted by Crippen LogP contribution is -2.50. The van der Waals surface area contributed by atoms with Crippen LogP contribution in [-0.4, -0.2) is 43.3 Å². The molecule has 0 spiro atoms. The fourth-order valence-electron chi connectivity index (χ4n) is 0.530. The third-order valence-corrected chi connectivity index (χ3v) is 1.16. The molecule has 0 heterocycles. The van der Waals surface area contributed by atoms with Gasteiger partial charge in [-0.15, -0.1) is 0 Å². The number of hydrogen-bond donors (Lipinski definition) is 1. The van der Waals surface area contributed by atoms with E-state index < -0.39 is 38.2 Å². The van der Waals surface area contributed by atoms with Gasteiger partial charge in [-0.3, -0.25) is 0 Å². The van der Waals surface area contributed by atoms with Gasteiger partial charge in [0.2, 0.25) is 0 Å². The van der Waals surface area contributed by atoms with Crippen molar-refractivity contribution in [1.82, 2.24) is 0 Å². The van der Waals surface area contributed by atoms with Gasteiger partial charge in [-0.25, -0.2) is 9.13 Å². The van der Waals surface area contributed by atoms with Crippen LogP contribution in [0.25, 0.3) is 0 Å². The molecule has 0 rings (SSSR count). The largest absolute Gasteiger partial charge is 0.452 e. The first-order valence-electron chi connectivity index (χ1n) is 3.72. The van der Waals surface area contributed by atoms with Gasteiger partial charge in [0.15, 0.2) is 0 Å². The van der Waals surface area contributed by atoms with Crippen molar-refractivity contribution in [1.29, 1.82) is 0 Å². The van der Waals surface area contributed by atoms with E-state index in [2.05, 4.69) is 9.47 Å². The molecule has 16 heavy (non-hydrogen) atoms. The van der Waals surface area contributed by atoms with Gasteiger partial charge in [0.25, 0.3) is 0 Å². The maximum Gasteiger partial charge on any atom is 0.452 e. The Kier molecular flexibility index (Phi) is 4.95. The first kappa shape index (κ1) is 15.4. The Morgan fingerprint density at radius 2 is 1.44 bits per heavy atom. The Bertz CT molecular complexity index is 220. The summed E-state index contributed by atoms with van der Waals surface area (Å²) in [4.78, 5) is 0. The molecule has 0 fully saturated rings. The molecule has 0 unspecified atom stereocenters. The molecular formula is C6H7F7O3. The van der Waals surface area contributed by atoms with E-state index in [4.69, 9.17) is 5.11 Å². The number of ether oxygens (including phenoxy) is 2. The minimum Gasteiger partial charge on any atom is -0.387 e. The lowest BCUT2D eigenvalue weighted by atomic mass is 10.5. The molecule has 3 nitrogen and oxygen atoms in total. The highest BCUT2D eigenvalue weighted by Crippen LogP contribution is 2.39. The van der Waals surface area contributed by atoms with Crippen LogP contribution in [0.15, 0.2) is 0 Å². The fraction of sp³-hybridized carbons (Fsp3) is 1.00. The molecule has 0 aliphatic carbocycles. The van der Waals surface area contributed by atoms with Crippen LogP contribution < -0.4 is 0 Å². The molecule has 0 aromatic carbocycles. The lowest BCUT2D eigenvalue weighted by Gasteiger charge is -2.27. The highest BCUT2D eigenvalue weighted by atomic mass is 19.3. The Morgan fingerprint density at radius 3 is 1.81 bits per heavy atom. The summed E-state index contributed by atoms with van der Waals surface area (Å²) in [7, 11) is 0. The van der Waals surface area contributed by atoms with Gasteiger partial charge in [0.1, 0.15) is 13.3 Å². The average molecular weight is 260 g/mol. The van der Waals surface area contributed by atoms with Crippen molar-refractivity contribution in [3.8, 4) is 0 Å². The first-order valence-corrected chi connectivity index (χ1v) is 3.72. The molecule has 0 aromatic rings. The topological polar surface area (TPSA) is 38.7 Å². The molecule has 0 amide bonds. The third-order valence-electron chi connectivity index (χ3n) is 1.16. The van der Waals surface area contributed by atoms with Crippen LogP contribution >= 0.6 is 0 Å². The van der Waals surface area contributed by atoms with Crippen LogP contribution in [0.4, 0.5) is 30.7 Å². The number of rotatable bonds is 7. The van der Waals surface area contributed by atoms with E-state index in [-0.39, 0.29) is 0 Å². The van der Waals surface area contributed by atoms with E-state index in [1.807, 2.05) is 0 Å². The maximum absolute atomic E-state index is 12.4. The summed E-state index contributed by atoms with van der Waals surface area (Å²) in [5.41, 5.74) is 0. The summed E-state index contributed by atoms with van der Waals surface area (Å²) in [6.07, 6.45) is -16.0. The fourth-order valence-corrected chi connectivity index (χ4v) is 0.530. The monoisotopic (exact) mass is 260 g/mol. The summed E-state index contributed by atoms with van der Waals surface area (Å²) in [6, 6.07) is 0. The average Bonchev–Trinajstić information content (AvgIpc) is 2.13. The number of alkyl halides is 7. The van der Waals surface area contributed by atoms with Gasteiger partial charge in [0.05, 0.1) is 6.61 Å². The van der Waals surface area contributed by atoms with Gasteiger partial charge < -0.3 is 9.84 Å². The Labute approximate surface area is 84.7 Å². The standard InChI is InChI=1S/C6H7F7O3/c7-1-2-15-5(10,11)6(12,13)16-4(8,9)3-14/h14H,1-3H2. The zero-order chi connectivity index (χ0) is 13.0. The van der Waals surface area contributed by atoms with Crippen molar-refractivity contribution in [3.05, 3.63) is 0 Å². The van der Waals surface area contributed by atoms with Gasteiger partial charge in [0, 0.05) is 0 Å². The summed E-state index contributed by atoms with van der Waals surface area (Å²) in [5.74, 6) is 0. The lowest BCUT2D eigenvalue weighted by molar-refractivity contribution is -0.483. The summed E-state index contributed by atoms with van der Waals surface area (Å²) >= 11 is 0. The maximum atomic E-state index is 12.4. The highest BCUT2D eigenvalue weighted by Gasteiger charge is 2.64. The normalized spacial score (nSPS) is 14.2. The predicted octanol–water partition coefficient (Wildman–Crippen LogP) is 1.76. The molecule has 0 aliphatic heterocycles. The molecule has 0 saturated carbocycles. The van der Waals surface area contributed by atoms with Crippen molar-refractivity contribution in [2.45, 2.75) is 18.3 Å². The SMILES string of the molecule is OCC(F)(F)OC(F)(F)C(F)(F)OCCF. The van der Waals surface area contributed by atoms with Crippen LogP contribution in [0.1, 0.15) is 0 Å². The van der Waals surface area contributed by atoms with E-state index in [0.717, 1.165) is 0 Å². The zero-order valence-electron chi connectivity index (χ0n) is 7.53. The van der Waals surface area contributed by atoms with Gasteiger partial charge in [-0.1, -0.05) is 0 Å². The van der Waals surface area contributed by atoms with E-state index in [9.17, 15) is 30.7 Å². The second-order valence-electron chi connectivity index (χ2n) is 2.47. The molecule has 1 N–H and O–H groups in total. The van der Waals surface area contributed by atoms with Crippen molar-refractivity contribution in [2.24, 2.45) is 0 Å². The molecule has 0 saturated heterocycles. The molecule has 0 radical (unpaired) electrons. The number of aliphatic hydroxyl groups is 1. The predicted molar refractivity (Wildman–Crippen MR) is 34.9 cm³/mol. The van der Waals surface area contributed by atoms with E-state index >= 15 is 0 Å². The number of hydrogen-bond acceptors (Lipinski definition) is 3. The van der Waals surface area contributed by atoms with Gasteiger partial charge in [-0.2, -0.15) is 26.3 Å². The summed E-state index contributed by atoms with van der Waals surface area (Å²) < 4.78 is 90.6. The van der Waals surface area contributed by atoms with Crippen LogP contribution in [0.3, 0.4) is 0 Å². The summed E-state index contributed by atoms with van der Waals surface area (Å²) in [5, 5.41) is 7.85. The Balaban J connectivity index is 4.62. The van der Waals surface area contributed by atoms with Crippen molar-refractivity contribution >= 4 is 0 Å². The Morgan fingerprint density at radius 1 is 0.938 bits per heavy atom. The quantitative estimate of drug-likeness (QED) is 0.709. The number of aliphatic hydroxyl groups excluding tert-OH is 1. The molecule has 0 aromatic heterocycles. The van der Waals surface area contributed by atoms with Crippen LogP contribution in [0.5, 0.6) is 0 Å². The van der Waals surface area contributed by atoms with Crippen LogP contribution in [0, 0.1) is 0 Å². The van der Waals surface area contributed by atoms with Gasteiger partial charge >= 0.3 is 18.3 Å². The second-order valence-corrected chi connectivity index (χ2v) is 2.47. The van der Waals surface area contributed by atoms with Crippen LogP contribution in [-0.2, 0) is 9.47 Å². The zero-order valence-corrected chi connectivity index (χ0v) is 7.53. The molecule has 98 valence electrons. The molecule has 0 aliphatic rings. The molecule has 0 bridgehead atoms. The smallest absolute Gasteiger partial charge is 0.387 e. The van der Waals surface area contributed by atoms with E-state index in [0.29, 0.717) is 0 Å². The third kappa shape index (κ3) is 4.10. The van der Waals surface area contributed by atoms with Crippen LogP contribution in [0.2, 0.25) is 0 Å².